The highest BCUT2D eigenvalue weighted by Crippen LogP contribution is 2.83. The van der Waals surface area contributed by atoms with Gasteiger partial charge in [-0.05, 0) is 30.1 Å². The van der Waals surface area contributed by atoms with Crippen molar-refractivity contribution in [2.75, 3.05) is 13.2 Å². The maximum atomic E-state index is 13.3. The second-order valence-corrected chi connectivity index (χ2v) is 10.5. The summed E-state index contributed by atoms with van der Waals surface area (Å²) >= 11 is 0. The van der Waals surface area contributed by atoms with E-state index < -0.39 is 28.8 Å². The molecule has 2 aliphatic carbocycles. The van der Waals surface area contributed by atoms with Crippen LogP contribution in [-0.2, 0) is 23.7 Å². The molecule has 4 saturated heterocycles. The van der Waals surface area contributed by atoms with Gasteiger partial charge in [0.1, 0.15) is 6.10 Å². The standard InChI is InChI=1S/C20H28O6/c1-9-8-24-13-12(9)20-15(22)25-11-7-10(17(2,3)4)18(19(11,20)14(13)21)5-6-23-16(18)26-20/h9-14,16,21H,5-8H2,1-4H3/t9-,10+,11?,12+,13?,14+,16+,18?,19?,20?/m1/s1. The van der Waals surface area contributed by atoms with Crippen LogP contribution in [0.2, 0.25) is 0 Å². The molecule has 6 heteroatoms. The maximum absolute atomic E-state index is 13.3. The van der Waals surface area contributed by atoms with Gasteiger partial charge in [-0.3, -0.25) is 0 Å². The summed E-state index contributed by atoms with van der Waals surface area (Å²) in [6.45, 7) is 9.96. The number of hydrogen-bond acceptors (Lipinski definition) is 6. The van der Waals surface area contributed by atoms with Crippen LogP contribution in [-0.4, -0.2) is 54.5 Å². The third-order valence-corrected chi connectivity index (χ3v) is 8.83. The van der Waals surface area contributed by atoms with Crippen molar-refractivity contribution in [3.8, 4) is 0 Å². The molecule has 0 bridgehead atoms. The molecule has 6 aliphatic rings. The van der Waals surface area contributed by atoms with Gasteiger partial charge in [0, 0.05) is 11.3 Å². The van der Waals surface area contributed by atoms with Gasteiger partial charge in [-0.1, -0.05) is 27.7 Å². The summed E-state index contributed by atoms with van der Waals surface area (Å²) in [7, 11) is 0. The molecule has 6 rings (SSSR count). The van der Waals surface area contributed by atoms with Crippen LogP contribution in [0.1, 0.15) is 40.5 Å². The van der Waals surface area contributed by atoms with Gasteiger partial charge in [-0.2, -0.15) is 0 Å². The normalized spacial score (nSPS) is 62.2. The average Bonchev–Trinajstić information content (AvgIpc) is 3.28. The number of hydrogen-bond donors (Lipinski definition) is 1. The Bertz CT molecular complexity index is 701. The van der Waals surface area contributed by atoms with Gasteiger partial charge in [-0.15, -0.1) is 0 Å². The Morgan fingerprint density at radius 3 is 2.73 bits per heavy atom. The van der Waals surface area contributed by atoms with Gasteiger partial charge >= 0.3 is 5.97 Å². The van der Waals surface area contributed by atoms with Crippen LogP contribution in [0.25, 0.3) is 0 Å². The fraction of sp³-hybridized carbons (Fsp3) is 0.950. The molecule has 144 valence electrons. The van der Waals surface area contributed by atoms with E-state index in [1.165, 1.54) is 0 Å². The monoisotopic (exact) mass is 364 g/mol. The van der Waals surface area contributed by atoms with E-state index in [9.17, 15) is 9.90 Å². The molecule has 2 saturated carbocycles. The summed E-state index contributed by atoms with van der Waals surface area (Å²) in [5.74, 6) is -0.0629. The van der Waals surface area contributed by atoms with Gasteiger partial charge in [0.15, 0.2) is 11.9 Å². The molecule has 2 spiro atoms. The van der Waals surface area contributed by atoms with Crippen molar-refractivity contribution in [1.82, 2.24) is 0 Å². The minimum Gasteiger partial charge on any atom is -0.459 e. The summed E-state index contributed by atoms with van der Waals surface area (Å²) < 4.78 is 24.7. The van der Waals surface area contributed by atoms with E-state index in [4.69, 9.17) is 18.9 Å². The van der Waals surface area contributed by atoms with Gasteiger partial charge in [-0.25, -0.2) is 4.79 Å². The summed E-state index contributed by atoms with van der Waals surface area (Å²) in [5.41, 5.74) is -2.27. The maximum Gasteiger partial charge on any atom is 0.340 e. The van der Waals surface area contributed by atoms with Crippen molar-refractivity contribution in [3.05, 3.63) is 0 Å². The minimum atomic E-state index is -1.12. The Kier molecular flexibility index (Phi) is 2.70. The summed E-state index contributed by atoms with van der Waals surface area (Å²) in [6.07, 6.45) is -0.287. The molecular weight excluding hydrogens is 336 g/mol. The summed E-state index contributed by atoms with van der Waals surface area (Å²) in [4.78, 5) is 13.3. The van der Waals surface area contributed by atoms with E-state index >= 15 is 0 Å². The first kappa shape index (κ1) is 16.3. The highest BCUT2D eigenvalue weighted by Gasteiger charge is 2.96. The topological polar surface area (TPSA) is 74.2 Å². The van der Waals surface area contributed by atoms with Crippen molar-refractivity contribution in [1.29, 1.82) is 0 Å². The first-order valence-electron chi connectivity index (χ1n) is 10.0. The Hall–Kier alpha value is -0.690. The predicted molar refractivity (Wildman–Crippen MR) is 88.9 cm³/mol. The van der Waals surface area contributed by atoms with Crippen molar-refractivity contribution >= 4 is 5.97 Å². The number of fused-ring (bicyclic) bond motifs is 1. The molecule has 0 radical (unpaired) electrons. The summed E-state index contributed by atoms with van der Waals surface area (Å²) in [6, 6.07) is 0. The van der Waals surface area contributed by atoms with Crippen LogP contribution in [0.3, 0.4) is 0 Å². The zero-order chi connectivity index (χ0) is 18.3. The van der Waals surface area contributed by atoms with E-state index in [1.54, 1.807) is 0 Å². The van der Waals surface area contributed by atoms with Gasteiger partial charge in [0.25, 0.3) is 0 Å². The van der Waals surface area contributed by atoms with Crippen molar-refractivity contribution in [3.63, 3.8) is 0 Å². The third kappa shape index (κ3) is 1.25. The number of carbonyl (C=O) groups is 1. The van der Waals surface area contributed by atoms with E-state index in [1.807, 2.05) is 0 Å². The zero-order valence-electron chi connectivity index (χ0n) is 15.9. The van der Waals surface area contributed by atoms with E-state index in [0.29, 0.717) is 13.2 Å². The second-order valence-electron chi connectivity index (χ2n) is 10.5. The lowest BCUT2D eigenvalue weighted by Crippen LogP contribution is -2.59. The molecule has 6 nitrogen and oxygen atoms in total. The van der Waals surface area contributed by atoms with E-state index in [0.717, 1.165) is 12.8 Å². The first-order valence-corrected chi connectivity index (χ1v) is 10.0. The minimum absolute atomic E-state index is 0.000775. The third-order valence-electron chi connectivity index (χ3n) is 8.83. The number of esters is 1. The molecule has 0 aromatic carbocycles. The molecule has 5 unspecified atom stereocenters. The summed E-state index contributed by atoms with van der Waals surface area (Å²) in [5, 5.41) is 11.7. The Morgan fingerprint density at radius 1 is 1.23 bits per heavy atom. The fourth-order valence-electron chi connectivity index (χ4n) is 8.38. The van der Waals surface area contributed by atoms with E-state index in [2.05, 4.69) is 27.7 Å². The molecule has 26 heavy (non-hydrogen) atoms. The number of aliphatic hydroxyl groups is 1. The lowest BCUT2D eigenvalue weighted by molar-refractivity contribution is -0.205. The number of ether oxygens (including phenoxy) is 4. The molecule has 0 aromatic heterocycles. The second kappa shape index (κ2) is 4.32. The molecule has 10 atom stereocenters. The average molecular weight is 364 g/mol. The van der Waals surface area contributed by atoms with Gasteiger partial charge < -0.3 is 24.1 Å². The van der Waals surface area contributed by atoms with Crippen LogP contribution in [0, 0.1) is 34.0 Å². The van der Waals surface area contributed by atoms with Gasteiger partial charge in [0.2, 0.25) is 0 Å². The van der Waals surface area contributed by atoms with Crippen LogP contribution >= 0.6 is 0 Å². The molecule has 4 aliphatic heterocycles. The fourth-order valence-corrected chi connectivity index (χ4v) is 8.38. The van der Waals surface area contributed by atoms with Crippen LogP contribution < -0.4 is 0 Å². The first-order chi connectivity index (χ1) is 12.2. The lowest BCUT2D eigenvalue weighted by atomic mass is 9.52. The van der Waals surface area contributed by atoms with E-state index in [-0.39, 0.29) is 41.3 Å². The molecular formula is C20H28O6. The highest BCUT2D eigenvalue weighted by molar-refractivity contribution is 5.87. The van der Waals surface area contributed by atoms with Crippen molar-refractivity contribution < 1.29 is 28.8 Å². The lowest BCUT2D eigenvalue weighted by Gasteiger charge is -2.47. The smallest absolute Gasteiger partial charge is 0.340 e. The quantitative estimate of drug-likeness (QED) is 0.657. The number of rotatable bonds is 0. The van der Waals surface area contributed by atoms with Gasteiger partial charge in [0.05, 0.1) is 30.8 Å². The predicted octanol–water partition coefficient (Wildman–Crippen LogP) is 1.49. The molecule has 1 N–H and O–H groups in total. The molecule has 6 fully saturated rings. The van der Waals surface area contributed by atoms with Crippen LogP contribution in [0.15, 0.2) is 0 Å². The Labute approximate surface area is 153 Å². The van der Waals surface area contributed by atoms with Crippen molar-refractivity contribution in [2.45, 2.75) is 70.7 Å². The number of carbonyl (C=O) groups excluding carboxylic acids is 1. The Morgan fingerprint density at radius 2 is 2.00 bits per heavy atom. The van der Waals surface area contributed by atoms with Crippen LogP contribution in [0.4, 0.5) is 0 Å². The Balaban J connectivity index is 1.66. The SMILES string of the molecule is C[C@@H]1COC2[C@H]1C13O[C@@H]4OCCC45[C@H](C(C)(C)C)CC(OC1=O)C35[C@H]2O. The highest BCUT2D eigenvalue weighted by atomic mass is 16.7. The number of aliphatic hydroxyl groups excluding tert-OH is 1. The van der Waals surface area contributed by atoms with Crippen molar-refractivity contribution in [2.24, 2.45) is 34.0 Å². The largest absolute Gasteiger partial charge is 0.459 e. The molecule has 4 heterocycles. The van der Waals surface area contributed by atoms with Crippen LogP contribution in [0.5, 0.6) is 0 Å². The molecule has 0 amide bonds. The zero-order valence-corrected chi connectivity index (χ0v) is 15.9. The molecule has 0 aromatic rings.